The highest BCUT2D eigenvalue weighted by Crippen LogP contribution is 2.22. The van der Waals surface area contributed by atoms with Crippen LogP contribution in [-0.2, 0) is 0 Å². The molecule has 0 unspecified atom stereocenters. The minimum Gasteiger partial charge on any atom is -0.497 e. The Balaban J connectivity index is 1.75. The van der Waals surface area contributed by atoms with Crippen LogP contribution >= 0.6 is 0 Å². The number of halogens is 1. The van der Waals surface area contributed by atoms with Crippen LogP contribution in [0.4, 0.5) is 10.1 Å². The Morgan fingerprint density at radius 2 is 1.68 bits per heavy atom. The third-order valence-electron chi connectivity index (χ3n) is 3.17. The largest absolute Gasteiger partial charge is 0.497 e. The highest BCUT2D eigenvalue weighted by Gasteiger charge is 2.03. The van der Waals surface area contributed by atoms with E-state index in [0.717, 1.165) is 17.0 Å². The van der Waals surface area contributed by atoms with E-state index in [1.807, 2.05) is 36.4 Å². The van der Waals surface area contributed by atoms with Crippen molar-refractivity contribution >= 4 is 11.9 Å². The molecule has 2 aromatic carbocycles. The topological polar surface area (TPSA) is 34.7 Å². The summed E-state index contributed by atoms with van der Waals surface area (Å²) in [4.78, 5) is 4.34. The first-order valence-electron chi connectivity index (χ1n) is 6.78. The second kappa shape index (κ2) is 6.26. The summed E-state index contributed by atoms with van der Waals surface area (Å²) in [6, 6.07) is 17.2. The van der Waals surface area contributed by atoms with Crippen LogP contribution < -0.4 is 4.74 Å². The molecule has 0 fully saturated rings. The molecule has 3 nitrogen and oxygen atoms in total. The summed E-state index contributed by atoms with van der Waals surface area (Å²) in [6.45, 7) is 0. The van der Waals surface area contributed by atoms with Crippen molar-refractivity contribution in [1.82, 2.24) is 0 Å². The molecule has 0 radical (unpaired) electrons. The van der Waals surface area contributed by atoms with Gasteiger partial charge in [0.15, 0.2) is 0 Å². The Hall–Kier alpha value is -2.88. The van der Waals surface area contributed by atoms with Crippen molar-refractivity contribution in [3.8, 4) is 17.1 Å². The number of ether oxygens (including phenoxy) is 1. The normalized spacial score (nSPS) is 11.0. The zero-order valence-corrected chi connectivity index (χ0v) is 12.0. The van der Waals surface area contributed by atoms with Crippen LogP contribution in [0.15, 0.2) is 70.1 Å². The molecule has 1 heterocycles. The minimum absolute atomic E-state index is 0.267. The Morgan fingerprint density at radius 1 is 0.955 bits per heavy atom. The smallest absolute Gasteiger partial charge is 0.145 e. The first-order valence-corrected chi connectivity index (χ1v) is 6.78. The zero-order valence-electron chi connectivity index (χ0n) is 12.0. The maximum atomic E-state index is 12.9. The van der Waals surface area contributed by atoms with Crippen molar-refractivity contribution in [2.45, 2.75) is 0 Å². The number of nitrogens with zero attached hydrogens (tertiary/aromatic N) is 1. The fourth-order valence-corrected chi connectivity index (χ4v) is 2.00. The predicted octanol–water partition coefficient (Wildman–Crippen LogP) is 4.84. The molecule has 0 atom stereocenters. The lowest BCUT2D eigenvalue weighted by molar-refractivity contribution is 0.415. The van der Waals surface area contributed by atoms with Gasteiger partial charge in [0.2, 0.25) is 0 Å². The van der Waals surface area contributed by atoms with Crippen LogP contribution in [0.5, 0.6) is 5.75 Å². The highest BCUT2D eigenvalue weighted by molar-refractivity contribution is 5.79. The molecule has 0 aliphatic heterocycles. The van der Waals surface area contributed by atoms with Crippen molar-refractivity contribution < 1.29 is 13.5 Å². The van der Waals surface area contributed by atoms with Gasteiger partial charge in [0, 0.05) is 5.56 Å². The van der Waals surface area contributed by atoms with E-state index in [2.05, 4.69) is 4.99 Å². The zero-order chi connectivity index (χ0) is 15.4. The van der Waals surface area contributed by atoms with Gasteiger partial charge in [-0.3, -0.25) is 4.99 Å². The second-order valence-electron chi connectivity index (χ2n) is 4.67. The van der Waals surface area contributed by atoms with Gasteiger partial charge in [-0.2, -0.15) is 0 Å². The number of aliphatic imine (C=N–C) groups is 1. The number of hydrogen-bond acceptors (Lipinski definition) is 3. The molecule has 4 heteroatoms. The van der Waals surface area contributed by atoms with Gasteiger partial charge in [0.05, 0.1) is 19.0 Å². The number of rotatable bonds is 4. The van der Waals surface area contributed by atoms with Gasteiger partial charge in [-0.1, -0.05) is 0 Å². The maximum Gasteiger partial charge on any atom is 0.145 e. The molecule has 0 saturated carbocycles. The fourth-order valence-electron chi connectivity index (χ4n) is 2.00. The molecule has 0 aliphatic rings. The summed E-state index contributed by atoms with van der Waals surface area (Å²) in [7, 11) is 1.62. The van der Waals surface area contributed by atoms with E-state index < -0.39 is 0 Å². The van der Waals surface area contributed by atoms with E-state index in [9.17, 15) is 4.39 Å². The van der Waals surface area contributed by atoms with Crippen LogP contribution in [0, 0.1) is 5.82 Å². The van der Waals surface area contributed by atoms with Gasteiger partial charge in [0.1, 0.15) is 23.1 Å². The Kier molecular flexibility index (Phi) is 4.01. The number of hydrogen-bond donors (Lipinski definition) is 0. The van der Waals surface area contributed by atoms with Crippen LogP contribution in [0.3, 0.4) is 0 Å². The third-order valence-corrected chi connectivity index (χ3v) is 3.17. The number of furan rings is 1. The van der Waals surface area contributed by atoms with Gasteiger partial charge < -0.3 is 9.15 Å². The summed E-state index contributed by atoms with van der Waals surface area (Å²) in [5.74, 6) is 1.83. The third kappa shape index (κ3) is 3.23. The van der Waals surface area contributed by atoms with Crippen molar-refractivity contribution in [2.75, 3.05) is 7.11 Å². The van der Waals surface area contributed by atoms with E-state index in [1.165, 1.54) is 12.1 Å². The average Bonchev–Trinajstić information content (AvgIpc) is 3.03. The monoisotopic (exact) mass is 295 g/mol. The lowest BCUT2D eigenvalue weighted by Crippen LogP contribution is -1.80. The van der Waals surface area contributed by atoms with Crippen LogP contribution in [0.2, 0.25) is 0 Å². The molecule has 3 rings (SSSR count). The molecular formula is C18H14FNO2. The summed E-state index contributed by atoms with van der Waals surface area (Å²) < 4.78 is 23.7. The standard InChI is InChI=1S/C18H14FNO2/c1-21-16-8-6-15(7-9-16)20-12-17-10-11-18(22-17)13-2-4-14(19)5-3-13/h2-12H,1H3. The lowest BCUT2D eigenvalue weighted by Gasteiger charge is -1.98. The average molecular weight is 295 g/mol. The first-order chi connectivity index (χ1) is 10.7. The first kappa shape index (κ1) is 14.1. The summed E-state index contributed by atoms with van der Waals surface area (Å²) in [5.41, 5.74) is 1.63. The van der Waals surface area contributed by atoms with E-state index in [1.54, 1.807) is 25.5 Å². The van der Waals surface area contributed by atoms with Gasteiger partial charge in [0.25, 0.3) is 0 Å². The molecular weight excluding hydrogens is 281 g/mol. The quantitative estimate of drug-likeness (QED) is 0.645. The summed E-state index contributed by atoms with van der Waals surface area (Å²) in [6.07, 6.45) is 1.65. The van der Waals surface area contributed by atoms with Gasteiger partial charge in [-0.25, -0.2) is 4.39 Å². The molecule has 0 amide bonds. The second-order valence-corrected chi connectivity index (χ2v) is 4.67. The van der Waals surface area contributed by atoms with Crippen molar-refractivity contribution in [3.63, 3.8) is 0 Å². The predicted molar refractivity (Wildman–Crippen MR) is 84.4 cm³/mol. The van der Waals surface area contributed by atoms with Gasteiger partial charge in [-0.15, -0.1) is 0 Å². The van der Waals surface area contributed by atoms with E-state index in [0.29, 0.717) is 11.5 Å². The molecule has 1 aromatic heterocycles. The van der Waals surface area contributed by atoms with Gasteiger partial charge in [-0.05, 0) is 60.7 Å². The van der Waals surface area contributed by atoms with Crippen LogP contribution in [-0.4, -0.2) is 13.3 Å². The summed E-state index contributed by atoms with van der Waals surface area (Å²) in [5, 5.41) is 0. The fraction of sp³-hybridized carbons (Fsp3) is 0.0556. The Bertz CT molecular complexity index is 774. The SMILES string of the molecule is COc1ccc(N=Cc2ccc(-c3ccc(F)cc3)o2)cc1. The van der Waals surface area contributed by atoms with E-state index >= 15 is 0 Å². The number of benzene rings is 2. The molecule has 22 heavy (non-hydrogen) atoms. The van der Waals surface area contributed by atoms with Crippen molar-refractivity contribution in [1.29, 1.82) is 0 Å². The van der Waals surface area contributed by atoms with E-state index in [4.69, 9.17) is 9.15 Å². The van der Waals surface area contributed by atoms with Crippen molar-refractivity contribution in [2.24, 2.45) is 4.99 Å². The molecule has 110 valence electrons. The molecule has 0 spiro atoms. The van der Waals surface area contributed by atoms with E-state index in [-0.39, 0.29) is 5.82 Å². The summed E-state index contributed by atoms with van der Waals surface area (Å²) >= 11 is 0. The van der Waals surface area contributed by atoms with Crippen LogP contribution in [0.1, 0.15) is 5.76 Å². The van der Waals surface area contributed by atoms with Gasteiger partial charge >= 0.3 is 0 Å². The van der Waals surface area contributed by atoms with Crippen LogP contribution in [0.25, 0.3) is 11.3 Å². The Labute approximate surface area is 127 Å². The molecule has 0 bridgehead atoms. The molecule has 0 aliphatic carbocycles. The molecule has 3 aromatic rings. The number of methoxy groups -OCH3 is 1. The maximum absolute atomic E-state index is 12.9. The lowest BCUT2D eigenvalue weighted by atomic mass is 10.2. The Morgan fingerprint density at radius 3 is 2.36 bits per heavy atom. The molecule has 0 N–H and O–H groups in total. The minimum atomic E-state index is -0.267. The highest BCUT2D eigenvalue weighted by atomic mass is 19.1. The van der Waals surface area contributed by atoms with Crippen molar-refractivity contribution in [3.05, 3.63) is 72.2 Å². The molecule has 0 saturated heterocycles.